The number of esters is 1. The Balaban J connectivity index is 2.25. The Labute approximate surface area is 199 Å². The molecule has 2 aromatic rings. The molecule has 0 unspecified atom stereocenters. The Morgan fingerprint density at radius 2 is 1.62 bits per heavy atom. The van der Waals surface area contributed by atoms with E-state index >= 15 is 0 Å². The van der Waals surface area contributed by atoms with Gasteiger partial charge in [0.2, 0.25) is 0 Å². The van der Waals surface area contributed by atoms with E-state index in [1.807, 2.05) is 36.4 Å². The van der Waals surface area contributed by atoms with Crippen molar-refractivity contribution in [2.75, 3.05) is 13.7 Å². The molecule has 0 spiro atoms. The summed E-state index contributed by atoms with van der Waals surface area (Å²) in [7, 11) is 1.39. The molecular formula is C27H25N3O4. The minimum atomic E-state index is -0.835. The molecule has 0 aromatic heterocycles. The van der Waals surface area contributed by atoms with Crippen LogP contribution in [0.5, 0.6) is 11.5 Å². The first-order valence-electron chi connectivity index (χ1n) is 10.5. The molecule has 0 atom stereocenters. The van der Waals surface area contributed by atoms with Crippen LogP contribution in [0.2, 0.25) is 0 Å². The molecule has 0 fully saturated rings. The van der Waals surface area contributed by atoms with Crippen LogP contribution < -0.4 is 14.8 Å². The third-order valence-electron chi connectivity index (χ3n) is 4.73. The van der Waals surface area contributed by atoms with Gasteiger partial charge in [0.15, 0.2) is 11.5 Å². The van der Waals surface area contributed by atoms with Crippen molar-refractivity contribution >= 4 is 24.0 Å². The highest BCUT2D eigenvalue weighted by Crippen LogP contribution is 2.30. The fraction of sp³-hybridized carbons (Fsp3) is 0.185. The Bertz CT molecular complexity index is 1210. The predicted octanol–water partition coefficient (Wildman–Crippen LogP) is 4.54. The van der Waals surface area contributed by atoms with Gasteiger partial charge in [0.25, 0.3) is 5.91 Å². The lowest BCUT2D eigenvalue weighted by atomic mass is 10.0. The van der Waals surface area contributed by atoms with Crippen LogP contribution in [0.3, 0.4) is 0 Å². The van der Waals surface area contributed by atoms with Crippen LogP contribution in [0.4, 0.5) is 0 Å². The average molecular weight is 456 g/mol. The van der Waals surface area contributed by atoms with Crippen molar-refractivity contribution < 1.29 is 19.1 Å². The van der Waals surface area contributed by atoms with Crippen molar-refractivity contribution in [2.24, 2.45) is 0 Å². The fourth-order valence-electron chi connectivity index (χ4n) is 2.87. The summed E-state index contributed by atoms with van der Waals surface area (Å²) in [5.41, 5.74) is 2.06. The molecule has 7 nitrogen and oxygen atoms in total. The van der Waals surface area contributed by atoms with Crippen molar-refractivity contribution in [1.29, 1.82) is 10.5 Å². The van der Waals surface area contributed by atoms with Crippen LogP contribution in [0.25, 0.3) is 12.2 Å². The zero-order valence-electron chi connectivity index (χ0n) is 19.3. The Morgan fingerprint density at radius 1 is 1.00 bits per heavy atom. The second-order valence-corrected chi connectivity index (χ2v) is 7.46. The first-order chi connectivity index (χ1) is 16.3. The summed E-state index contributed by atoms with van der Waals surface area (Å²) in [6.45, 7) is 7.90. The monoisotopic (exact) mass is 455 g/mol. The SMILES string of the molecule is C=CCNC(=O)C(C#N)=Cc1ccc(OC(=O)C(C#N)=Cc2ccc(C(C)C)cc2)c(OC)c1. The van der Waals surface area contributed by atoms with E-state index in [4.69, 9.17) is 9.47 Å². The van der Waals surface area contributed by atoms with Crippen LogP contribution >= 0.6 is 0 Å². The number of methoxy groups -OCH3 is 1. The van der Waals surface area contributed by atoms with Crippen molar-refractivity contribution in [3.8, 4) is 23.6 Å². The zero-order valence-corrected chi connectivity index (χ0v) is 19.3. The minimum absolute atomic E-state index is 0.0931. The first kappa shape index (κ1) is 25.6. The van der Waals surface area contributed by atoms with Gasteiger partial charge in [-0.05, 0) is 46.9 Å². The number of benzene rings is 2. The third-order valence-corrected chi connectivity index (χ3v) is 4.73. The van der Waals surface area contributed by atoms with Crippen LogP contribution in [0.1, 0.15) is 36.5 Å². The van der Waals surface area contributed by atoms with Gasteiger partial charge in [-0.1, -0.05) is 50.3 Å². The van der Waals surface area contributed by atoms with Crippen molar-refractivity contribution in [2.45, 2.75) is 19.8 Å². The molecule has 0 saturated heterocycles. The Hall–Kier alpha value is -4.62. The molecule has 0 bridgehead atoms. The van der Waals surface area contributed by atoms with Crippen LogP contribution in [0, 0.1) is 22.7 Å². The van der Waals surface area contributed by atoms with Gasteiger partial charge in [-0.3, -0.25) is 4.79 Å². The van der Waals surface area contributed by atoms with Gasteiger partial charge in [0.1, 0.15) is 23.3 Å². The number of carbonyl (C=O) groups is 2. The van der Waals surface area contributed by atoms with Crippen molar-refractivity contribution in [3.05, 3.63) is 83.0 Å². The minimum Gasteiger partial charge on any atom is -0.493 e. The molecule has 0 aliphatic rings. The highest BCUT2D eigenvalue weighted by atomic mass is 16.6. The summed E-state index contributed by atoms with van der Waals surface area (Å²) < 4.78 is 10.7. The maximum absolute atomic E-state index is 12.6. The molecule has 0 heterocycles. The van der Waals surface area contributed by atoms with E-state index in [0.717, 1.165) is 5.56 Å². The van der Waals surface area contributed by atoms with Gasteiger partial charge in [-0.25, -0.2) is 4.79 Å². The predicted molar refractivity (Wildman–Crippen MR) is 130 cm³/mol. The molecule has 34 heavy (non-hydrogen) atoms. The molecule has 1 N–H and O–H groups in total. The van der Waals surface area contributed by atoms with Gasteiger partial charge in [0.05, 0.1) is 7.11 Å². The average Bonchev–Trinajstić information content (AvgIpc) is 2.85. The summed E-state index contributed by atoms with van der Waals surface area (Å²) in [4.78, 5) is 24.6. The highest BCUT2D eigenvalue weighted by molar-refractivity contribution is 6.02. The Morgan fingerprint density at radius 3 is 2.18 bits per heavy atom. The number of carbonyl (C=O) groups excluding carboxylic acids is 2. The summed E-state index contributed by atoms with van der Waals surface area (Å²) in [5.74, 6) is -0.713. The number of nitriles is 2. The lowest BCUT2D eigenvalue weighted by molar-refractivity contribution is -0.129. The number of nitrogens with zero attached hydrogens (tertiary/aromatic N) is 2. The van der Waals surface area contributed by atoms with E-state index in [0.29, 0.717) is 17.0 Å². The lowest BCUT2D eigenvalue weighted by Gasteiger charge is -2.10. The van der Waals surface area contributed by atoms with E-state index in [9.17, 15) is 20.1 Å². The molecule has 0 aliphatic carbocycles. The molecule has 0 aliphatic heterocycles. The standard InChI is InChI=1S/C27H25N3O4/c1-5-12-30-26(31)22(16-28)14-20-8-11-24(25(15-20)33-4)34-27(32)23(17-29)13-19-6-9-21(10-7-19)18(2)3/h5-11,13-15,18H,1,12H2,2-4H3,(H,30,31). The normalized spacial score (nSPS) is 11.2. The molecule has 1 amide bonds. The largest absolute Gasteiger partial charge is 0.493 e. The van der Waals surface area contributed by atoms with Crippen LogP contribution in [0.15, 0.2) is 66.3 Å². The molecular weight excluding hydrogens is 430 g/mol. The van der Waals surface area contributed by atoms with Gasteiger partial charge in [-0.2, -0.15) is 10.5 Å². The van der Waals surface area contributed by atoms with Crippen LogP contribution in [-0.4, -0.2) is 25.5 Å². The smallest absolute Gasteiger partial charge is 0.354 e. The van der Waals surface area contributed by atoms with Gasteiger partial charge >= 0.3 is 5.97 Å². The molecule has 2 aromatic carbocycles. The number of nitrogens with one attached hydrogen (secondary N) is 1. The summed E-state index contributed by atoms with van der Waals surface area (Å²) >= 11 is 0. The first-order valence-corrected chi connectivity index (χ1v) is 10.5. The number of amides is 1. The zero-order chi connectivity index (χ0) is 25.1. The van der Waals surface area contributed by atoms with E-state index in [2.05, 4.69) is 25.7 Å². The number of hydrogen-bond donors (Lipinski definition) is 1. The molecule has 2 rings (SSSR count). The van der Waals surface area contributed by atoms with E-state index in [1.54, 1.807) is 6.07 Å². The summed E-state index contributed by atoms with van der Waals surface area (Å²) in [6, 6.07) is 15.8. The lowest BCUT2D eigenvalue weighted by Crippen LogP contribution is -2.24. The quantitative estimate of drug-likeness (QED) is 0.195. The fourth-order valence-corrected chi connectivity index (χ4v) is 2.87. The molecule has 172 valence electrons. The number of rotatable bonds is 9. The topological polar surface area (TPSA) is 112 Å². The highest BCUT2D eigenvalue weighted by Gasteiger charge is 2.16. The molecule has 7 heteroatoms. The second-order valence-electron chi connectivity index (χ2n) is 7.46. The van der Waals surface area contributed by atoms with E-state index in [1.165, 1.54) is 37.5 Å². The van der Waals surface area contributed by atoms with Gasteiger partial charge in [-0.15, -0.1) is 6.58 Å². The molecule has 0 saturated carbocycles. The number of ether oxygens (including phenoxy) is 2. The number of hydrogen-bond acceptors (Lipinski definition) is 6. The maximum atomic E-state index is 12.6. The van der Waals surface area contributed by atoms with Gasteiger partial charge < -0.3 is 14.8 Å². The summed E-state index contributed by atoms with van der Waals surface area (Å²) in [6.07, 6.45) is 4.34. The van der Waals surface area contributed by atoms with Gasteiger partial charge in [0, 0.05) is 6.54 Å². The van der Waals surface area contributed by atoms with Crippen LogP contribution in [-0.2, 0) is 9.59 Å². The molecule has 0 radical (unpaired) electrons. The van der Waals surface area contributed by atoms with Crippen molar-refractivity contribution in [1.82, 2.24) is 5.32 Å². The maximum Gasteiger partial charge on any atom is 0.354 e. The van der Waals surface area contributed by atoms with E-state index in [-0.39, 0.29) is 29.2 Å². The second kappa shape index (κ2) is 12.4. The van der Waals surface area contributed by atoms with Crippen molar-refractivity contribution in [3.63, 3.8) is 0 Å². The summed E-state index contributed by atoms with van der Waals surface area (Å²) in [5, 5.41) is 21.3. The Kier molecular flexibility index (Phi) is 9.37. The third kappa shape index (κ3) is 6.94. The van der Waals surface area contributed by atoms with E-state index < -0.39 is 11.9 Å².